The topological polar surface area (TPSA) is 123 Å². The molecule has 2 aromatic rings. The van der Waals surface area contributed by atoms with Crippen molar-refractivity contribution in [1.82, 2.24) is 0 Å². The van der Waals surface area contributed by atoms with E-state index in [-0.39, 0.29) is 22.7 Å². The van der Waals surface area contributed by atoms with Crippen molar-refractivity contribution in [3.8, 4) is 11.5 Å². The first kappa shape index (κ1) is 17.7. The SMILES string of the molecule is COC(=O)c1ccc(N/N=C/c2cc([N+](=O)[O-])cc(OC)c2O)cc1. The van der Waals surface area contributed by atoms with Gasteiger partial charge in [-0.25, -0.2) is 4.79 Å². The van der Waals surface area contributed by atoms with E-state index in [9.17, 15) is 20.0 Å². The van der Waals surface area contributed by atoms with Crippen LogP contribution >= 0.6 is 0 Å². The molecule has 0 saturated heterocycles. The Kier molecular flexibility index (Phi) is 5.51. The number of nitro groups is 1. The van der Waals surface area contributed by atoms with Crippen LogP contribution < -0.4 is 10.2 Å². The summed E-state index contributed by atoms with van der Waals surface area (Å²) in [5.41, 5.74) is 3.52. The molecule has 0 amide bonds. The fourth-order valence-electron chi connectivity index (χ4n) is 1.95. The second-order valence-corrected chi connectivity index (χ2v) is 4.78. The van der Waals surface area contributed by atoms with Crippen molar-refractivity contribution in [3.05, 3.63) is 57.6 Å². The van der Waals surface area contributed by atoms with Crippen molar-refractivity contribution < 1.29 is 24.3 Å². The Bertz CT molecular complexity index is 817. The lowest BCUT2D eigenvalue weighted by molar-refractivity contribution is -0.385. The van der Waals surface area contributed by atoms with Crippen LogP contribution in [0.2, 0.25) is 0 Å². The van der Waals surface area contributed by atoms with Gasteiger partial charge in [-0.2, -0.15) is 5.10 Å². The largest absolute Gasteiger partial charge is 0.504 e. The quantitative estimate of drug-likeness (QED) is 0.357. The molecule has 0 saturated carbocycles. The number of hydrogen-bond donors (Lipinski definition) is 2. The van der Waals surface area contributed by atoms with Crippen molar-refractivity contribution in [2.75, 3.05) is 19.6 Å². The molecule has 2 N–H and O–H groups in total. The molecule has 0 aliphatic rings. The molecule has 0 spiro atoms. The van der Waals surface area contributed by atoms with Crippen LogP contribution in [0.3, 0.4) is 0 Å². The van der Waals surface area contributed by atoms with Gasteiger partial charge in [-0.15, -0.1) is 0 Å². The Morgan fingerprint density at radius 2 is 1.96 bits per heavy atom. The number of rotatable bonds is 6. The van der Waals surface area contributed by atoms with Gasteiger partial charge in [0.15, 0.2) is 11.5 Å². The van der Waals surface area contributed by atoms with E-state index in [2.05, 4.69) is 15.3 Å². The molecule has 2 aromatic carbocycles. The number of esters is 1. The Morgan fingerprint density at radius 1 is 1.28 bits per heavy atom. The molecule has 0 heterocycles. The zero-order valence-corrected chi connectivity index (χ0v) is 13.4. The van der Waals surface area contributed by atoms with Crippen molar-refractivity contribution in [3.63, 3.8) is 0 Å². The number of anilines is 1. The number of carbonyl (C=O) groups excluding carboxylic acids is 1. The number of carbonyl (C=O) groups is 1. The van der Waals surface area contributed by atoms with E-state index in [0.717, 1.165) is 6.07 Å². The summed E-state index contributed by atoms with van der Waals surface area (Å²) in [5, 5.41) is 24.8. The molecule has 0 radical (unpaired) electrons. The molecule has 2 rings (SSSR count). The molecular weight excluding hydrogens is 330 g/mol. The summed E-state index contributed by atoms with van der Waals surface area (Å²) in [4.78, 5) is 21.7. The molecule has 0 atom stereocenters. The number of hydrogen-bond acceptors (Lipinski definition) is 8. The lowest BCUT2D eigenvalue weighted by Crippen LogP contribution is -2.01. The van der Waals surface area contributed by atoms with Gasteiger partial charge in [-0.1, -0.05) is 0 Å². The predicted molar refractivity (Wildman–Crippen MR) is 90.3 cm³/mol. The normalized spacial score (nSPS) is 10.5. The lowest BCUT2D eigenvalue weighted by atomic mass is 10.2. The summed E-state index contributed by atoms with van der Waals surface area (Å²) in [7, 11) is 2.58. The van der Waals surface area contributed by atoms with Crippen molar-refractivity contribution >= 4 is 23.6 Å². The van der Waals surface area contributed by atoms with Gasteiger partial charge >= 0.3 is 5.97 Å². The summed E-state index contributed by atoms with van der Waals surface area (Å²) in [5.74, 6) is -0.749. The monoisotopic (exact) mass is 345 g/mol. The lowest BCUT2D eigenvalue weighted by Gasteiger charge is -2.06. The predicted octanol–water partition coefficient (Wildman–Crippen LogP) is 2.54. The number of aromatic hydroxyl groups is 1. The molecule has 0 fully saturated rings. The summed E-state index contributed by atoms with van der Waals surface area (Å²) >= 11 is 0. The first-order valence-corrected chi connectivity index (χ1v) is 6.99. The maximum Gasteiger partial charge on any atom is 0.337 e. The number of hydrazone groups is 1. The smallest absolute Gasteiger partial charge is 0.337 e. The van der Waals surface area contributed by atoms with Crippen molar-refractivity contribution in [2.24, 2.45) is 5.10 Å². The fourth-order valence-corrected chi connectivity index (χ4v) is 1.95. The number of benzene rings is 2. The van der Waals surface area contributed by atoms with E-state index in [1.165, 1.54) is 26.5 Å². The van der Waals surface area contributed by atoms with Crippen LogP contribution in [0.4, 0.5) is 11.4 Å². The highest BCUT2D eigenvalue weighted by atomic mass is 16.6. The Balaban J connectivity index is 2.17. The van der Waals surface area contributed by atoms with E-state index in [0.29, 0.717) is 11.3 Å². The first-order valence-electron chi connectivity index (χ1n) is 6.99. The number of nitro benzene ring substituents is 1. The number of phenolic OH excluding ortho intramolecular Hbond substituents is 1. The minimum absolute atomic E-state index is 0.0296. The Morgan fingerprint density at radius 3 is 2.52 bits per heavy atom. The highest BCUT2D eigenvalue weighted by molar-refractivity contribution is 5.90. The van der Waals surface area contributed by atoms with Crippen LogP contribution in [0.15, 0.2) is 41.5 Å². The second kappa shape index (κ2) is 7.77. The summed E-state index contributed by atoms with van der Waals surface area (Å²) in [6.07, 6.45) is 1.22. The third-order valence-corrected chi connectivity index (χ3v) is 3.22. The highest BCUT2D eigenvalue weighted by Gasteiger charge is 2.15. The molecular formula is C16H15N3O6. The van der Waals surface area contributed by atoms with E-state index in [1.54, 1.807) is 24.3 Å². The van der Waals surface area contributed by atoms with Gasteiger partial charge in [-0.05, 0) is 24.3 Å². The third-order valence-electron chi connectivity index (χ3n) is 3.22. The van der Waals surface area contributed by atoms with E-state index in [1.807, 2.05) is 0 Å². The molecule has 0 aliphatic carbocycles. The standard InChI is InChI=1S/C16H15N3O6/c1-24-14-8-13(19(22)23)7-11(15(14)20)9-17-18-12-5-3-10(4-6-12)16(21)25-2/h3-9,18,20H,1-2H3/b17-9+. The molecule has 9 heteroatoms. The van der Waals surface area contributed by atoms with E-state index in [4.69, 9.17) is 4.74 Å². The average molecular weight is 345 g/mol. The number of nitrogens with zero attached hydrogens (tertiary/aromatic N) is 2. The van der Waals surface area contributed by atoms with E-state index >= 15 is 0 Å². The Hall–Kier alpha value is -3.62. The number of non-ortho nitro benzene ring substituents is 1. The van der Waals surface area contributed by atoms with Crippen LogP contribution in [0, 0.1) is 10.1 Å². The second-order valence-electron chi connectivity index (χ2n) is 4.78. The molecule has 0 bridgehead atoms. The van der Waals surface area contributed by atoms with Gasteiger partial charge in [0.2, 0.25) is 0 Å². The van der Waals surface area contributed by atoms with Crippen LogP contribution in [-0.2, 0) is 4.74 Å². The molecule has 9 nitrogen and oxygen atoms in total. The van der Waals surface area contributed by atoms with Gasteiger partial charge in [0, 0.05) is 11.6 Å². The summed E-state index contributed by atoms with van der Waals surface area (Å²) < 4.78 is 9.50. The number of methoxy groups -OCH3 is 2. The number of nitrogens with one attached hydrogen (secondary N) is 1. The molecule has 25 heavy (non-hydrogen) atoms. The summed E-state index contributed by atoms with van der Waals surface area (Å²) in [6.45, 7) is 0. The van der Waals surface area contributed by atoms with Crippen LogP contribution in [0.25, 0.3) is 0 Å². The molecule has 130 valence electrons. The maximum absolute atomic E-state index is 11.3. The zero-order valence-electron chi connectivity index (χ0n) is 13.4. The van der Waals surface area contributed by atoms with Gasteiger partial charge in [0.05, 0.1) is 42.7 Å². The fraction of sp³-hybridized carbons (Fsp3) is 0.125. The van der Waals surface area contributed by atoms with Crippen LogP contribution in [0.5, 0.6) is 11.5 Å². The maximum atomic E-state index is 11.3. The van der Waals surface area contributed by atoms with Crippen molar-refractivity contribution in [2.45, 2.75) is 0 Å². The van der Waals surface area contributed by atoms with Gasteiger partial charge < -0.3 is 14.6 Å². The first-order chi connectivity index (χ1) is 12.0. The Labute approximate surface area is 142 Å². The minimum Gasteiger partial charge on any atom is -0.504 e. The molecule has 0 aromatic heterocycles. The van der Waals surface area contributed by atoms with E-state index < -0.39 is 10.9 Å². The van der Waals surface area contributed by atoms with Crippen molar-refractivity contribution in [1.29, 1.82) is 0 Å². The molecule has 0 unspecified atom stereocenters. The zero-order chi connectivity index (χ0) is 18.4. The van der Waals surface area contributed by atoms with Gasteiger partial charge in [-0.3, -0.25) is 15.5 Å². The number of phenols is 1. The minimum atomic E-state index is -0.599. The van der Waals surface area contributed by atoms with Gasteiger partial charge in [0.25, 0.3) is 5.69 Å². The third kappa shape index (κ3) is 4.22. The summed E-state index contributed by atoms with van der Waals surface area (Å²) in [6, 6.07) is 8.61. The molecule has 0 aliphatic heterocycles. The van der Waals surface area contributed by atoms with Crippen LogP contribution in [0.1, 0.15) is 15.9 Å². The highest BCUT2D eigenvalue weighted by Crippen LogP contribution is 2.33. The number of ether oxygens (including phenoxy) is 2. The average Bonchev–Trinajstić information content (AvgIpc) is 2.62. The van der Waals surface area contributed by atoms with Gasteiger partial charge in [0.1, 0.15) is 0 Å². The van der Waals surface area contributed by atoms with Crippen LogP contribution in [-0.4, -0.2) is 36.4 Å².